The van der Waals surface area contributed by atoms with Crippen molar-refractivity contribution in [1.29, 1.82) is 0 Å². The van der Waals surface area contributed by atoms with Crippen LogP contribution in [0.15, 0.2) is 10.6 Å². The quantitative estimate of drug-likeness (QED) is 0.569. The molecule has 0 aliphatic heterocycles. The number of carbonyl (C=O) groups excluding carboxylic acids is 2. The molecule has 7 heteroatoms. The highest BCUT2D eigenvalue weighted by molar-refractivity contribution is 6.39. The lowest BCUT2D eigenvalue weighted by Gasteiger charge is -2.04. The molecule has 1 heterocycles. The van der Waals surface area contributed by atoms with Gasteiger partial charge in [-0.2, -0.15) is 0 Å². The number of nitrogens with one attached hydrogen (secondary N) is 2. The molecule has 0 unspecified atom stereocenters. The highest BCUT2D eigenvalue weighted by Crippen LogP contribution is 2.06. The van der Waals surface area contributed by atoms with Gasteiger partial charge < -0.3 is 14.6 Å². The first kappa shape index (κ1) is 14.2. The van der Waals surface area contributed by atoms with Gasteiger partial charge in [-0.3, -0.25) is 14.9 Å². The van der Waals surface area contributed by atoms with E-state index in [4.69, 9.17) is 9.26 Å². The lowest BCUT2D eigenvalue weighted by Crippen LogP contribution is -2.36. The van der Waals surface area contributed by atoms with Crippen LogP contribution in [0.2, 0.25) is 0 Å². The third kappa shape index (κ3) is 4.96. The van der Waals surface area contributed by atoms with Crippen molar-refractivity contribution in [3.63, 3.8) is 0 Å². The van der Waals surface area contributed by atoms with Crippen molar-refractivity contribution in [2.75, 3.05) is 25.1 Å². The van der Waals surface area contributed by atoms with Crippen LogP contribution in [-0.4, -0.2) is 36.7 Å². The van der Waals surface area contributed by atoms with E-state index in [2.05, 4.69) is 15.8 Å². The van der Waals surface area contributed by atoms with E-state index >= 15 is 0 Å². The summed E-state index contributed by atoms with van der Waals surface area (Å²) in [6.45, 7) is 5.17. The molecule has 0 radical (unpaired) electrons. The number of aromatic nitrogens is 1. The van der Waals surface area contributed by atoms with Crippen molar-refractivity contribution in [2.24, 2.45) is 0 Å². The van der Waals surface area contributed by atoms with Gasteiger partial charge >= 0.3 is 11.8 Å². The fourth-order valence-corrected chi connectivity index (χ4v) is 1.20. The molecule has 7 nitrogen and oxygen atoms in total. The Bertz CT molecular complexity index is 403. The second-order valence-electron chi connectivity index (χ2n) is 3.58. The van der Waals surface area contributed by atoms with E-state index in [1.165, 1.54) is 6.07 Å². The molecule has 0 aliphatic carbocycles. The van der Waals surface area contributed by atoms with Crippen molar-refractivity contribution < 1.29 is 18.8 Å². The Morgan fingerprint density at radius 2 is 2.22 bits per heavy atom. The molecule has 0 saturated carbocycles. The first-order valence-electron chi connectivity index (χ1n) is 5.73. The largest absolute Gasteiger partial charge is 0.382 e. The van der Waals surface area contributed by atoms with Crippen LogP contribution in [0.3, 0.4) is 0 Å². The van der Waals surface area contributed by atoms with Gasteiger partial charge in [-0.1, -0.05) is 5.16 Å². The number of aryl methyl sites for hydroxylation is 1. The van der Waals surface area contributed by atoms with Gasteiger partial charge in [0.2, 0.25) is 0 Å². The number of carbonyl (C=O) groups is 2. The number of amides is 2. The van der Waals surface area contributed by atoms with Crippen molar-refractivity contribution in [3.05, 3.63) is 11.8 Å². The summed E-state index contributed by atoms with van der Waals surface area (Å²) in [5, 5.41) is 8.36. The van der Waals surface area contributed by atoms with Gasteiger partial charge in [-0.25, -0.2) is 0 Å². The van der Waals surface area contributed by atoms with E-state index in [9.17, 15) is 9.59 Å². The van der Waals surface area contributed by atoms with Crippen LogP contribution in [-0.2, 0) is 14.3 Å². The van der Waals surface area contributed by atoms with Crippen molar-refractivity contribution in [1.82, 2.24) is 10.5 Å². The Hall–Kier alpha value is -1.89. The number of nitrogens with zero attached hydrogens (tertiary/aromatic N) is 1. The molecule has 0 saturated heterocycles. The Morgan fingerprint density at radius 3 is 2.83 bits per heavy atom. The number of anilines is 1. The first-order chi connectivity index (χ1) is 8.63. The van der Waals surface area contributed by atoms with E-state index in [-0.39, 0.29) is 5.82 Å². The zero-order chi connectivity index (χ0) is 13.4. The normalized spacial score (nSPS) is 10.1. The zero-order valence-corrected chi connectivity index (χ0v) is 10.5. The number of hydrogen-bond acceptors (Lipinski definition) is 5. The summed E-state index contributed by atoms with van der Waals surface area (Å²) in [7, 11) is 0. The van der Waals surface area contributed by atoms with E-state index in [0.717, 1.165) is 0 Å². The number of rotatable bonds is 6. The maximum absolute atomic E-state index is 11.4. The summed E-state index contributed by atoms with van der Waals surface area (Å²) in [6.07, 6.45) is 0.663. The van der Waals surface area contributed by atoms with Crippen LogP contribution >= 0.6 is 0 Å². The number of hydrogen-bond donors (Lipinski definition) is 2. The van der Waals surface area contributed by atoms with Gasteiger partial charge in [0.05, 0.1) is 0 Å². The average molecular weight is 255 g/mol. The second-order valence-corrected chi connectivity index (χ2v) is 3.58. The summed E-state index contributed by atoms with van der Waals surface area (Å²) < 4.78 is 9.86. The highest BCUT2D eigenvalue weighted by atomic mass is 16.5. The molecule has 100 valence electrons. The van der Waals surface area contributed by atoms with Crippen LogP contribution < -0.4 is 10.6 Å². The molecule has 18 heavy (non-hydrogen) atoms. The molecule has 2 N–H and O–H groups in total. The summed E-state index contributed by atoms with van der Waals surface area (Å²) in [4.78, 5) is 22.8. The number of ether oxygens (including phenoxy) is 1. The van der Waals surface area contributed by atoms with Gasteiger partial charge in [0.25, 0.3) is 0 Å². The minimum Gasteiger partial charge on any atom is -0.382 e. The summed E-state index contributed by atoms with van der Waals surface area (Å²) >= 11 is 0. The minimum atomic E-state index is -0.764. The van der Waals surface area contributed by atoms with Crippen LogP contribution in [0, 0.1) is 6.92 Å². The van der Waals surface area contributed by atoms with Crippen LogP contribution in [0.1, 0.15) is 19.1 Å². The third-order valence-corrected chi connectivity index (χ3v) is 2.03. The maximum Gasteiger partial charge on any atom is 0.314 e. The molecule has 0 bridgehead atoms. The fourth-order valence-electron chi connectivity index (χ4n) is 1.20. The molecule has 2 amide bonds. The Morgan fingerprint density at radius 1 is 1.44 bits per heavy atom. The topological polar surface area (TPSA) is 93.5 Å². The lowest BCUT2D eigenvalue weighted by atomic mass is 10.4. The van der Waals surface area contributed by atoms with Gasteiger partial charge in [0, 0.05) is 25.8 Å². The molecule has 0 fully saturated rings. The highest BCUT2D eigenvalue weighted by Gasteiger charge is 2.14. The molecule has 0 aromatic carbocycles. The smallest absolute Gasteiger partial charge is 0.314 e. The Kier molecular flexibility index (Phi) is 5.86. The van der Waals surface area contributed by atoms with Crippen molar-refractivity contribution in [3.8, 4) is 0 Å². The molecular weight excluding hydrogens is 238 g/mol. The predicted molar refractivity (Wildman–Crippen MR) is 64.0 cm³/mol. The molecule has 1 rings (SSSR count). The van der Waals surface area contributed by atoms with Gasteiger partial charge in [-0.15, -0.1) is 0 Å². The Balaban J connectivity index is 2.23. The average Bonchev–Trinajstić information content (AvgIpc) is 2.74. The monoisotopic (exact) mass is 255 g/mol. The van der Waals surface area contributed by atoms with Crippen LogP contribution in [0.25, 0.3) is 0 Å². The predicted octanol–water partition coefficient (Wildman–Crippen LogP) is 0.464. The SMILES string of the molecule is CCOCCCNC(=O)C(=O)Nc1cc(C)on1. The molecule has 1 aromatic heterocycles. The second kappa shape index (κ2) is 7.44. The fraction of sp³-hybridized carbons (Fsp3) is 0.545. The van der Waals surface area contributed by atoms with E-state index in [0.29, 0.717) is 31.9 Å². The van der Waals surface area contributed by atoms with Crippen molar-refractivity contribution in [2.45, 2.75) is 20.3 Å². The van der Waals surface area contributed by atoms with E-state index in [1.54, 1.807) is 6.92 Å². The maximum atomic E-state index is 11.4. The Labute approximate surface area is 105 Å². The molecular formula is C11H17N3O4. The van der Waals surface area contributed by atoms with Gasteiger partial charge in [-0.05, 0) is 20.3 Å². The van der Waals surface area contributed by atoms with Crippen LogP contribution in [0.4, 0.5) is 5.82 Å². The minimum absolute atomic E-state index is 0.224. The van der Waals surface area contributed by atoms with Gasteiger partial charge in [0.1, 0.15) is 5.76 Å². The molecule has 0 spiro atoms. The van der Waals surface area contributed by atoms with Crippen molar-refractivity contribution >= 4 is 17.6 Å². The summed E-state index contributed by atoms with van der Waals surface area (Å²) in [5.41, 5.74) is 0. The molecule has 0 atom stereocenters. The summed E-state index contributed by atoms with van der Waals surface area (Å²) in [6, 6.07) is 1.53. The first-order valence-corrected chi connectivity index (χ1v) is 5.73. The lowest BCUT2D eigenvalue weighted by molar-refractivity contribution is -0.136. The molecule has 0 aliphatic rings. The third-order valence-electron chi connectivity index (χ3n) is 2.03. The van der Waals surface area contributed by atoms with E-state index in [1.807, 2.05) is 6.92 Å². The standard InChI is InChI=1S/C11H17N3O4/c1-3-17-6-4-5-12-10(15)11(16)13-9-7-8(2)18-14-9/h7H,3-6H2,1-2H3,(H,12,15)(H,13,14,16). The van der Waals surface area contributed by atoms with Gasteiger partial charge in [0.15, 0.2) is 5.82 Å². The summed E-state index contributed by atoms with van der Waals surface area (Å²) in [5.74, 6) is -0.684. The van der Waals surface area contributed by atoms with E-state index < -0.39 is 11.8 Å². The molecule has 1 aromatic rings. The van der Waals surface area contributed by atoms with Crippen LogP contribution in [0.5, 0.6) is 0 Å². The zero-order valence-electron chi connectivity index (χ0n) is 10.5.